The van der Waals surface area contributed by atoms with Crippen LogP contribution in [0, 0.1) is 10.1 Å². The number of nitro benzene ring substituents is 1. The topological polar surface area (TPSA) is 98.5 Å². The van der Waals surface area contributed by atoms with Crippen molar-refractivity contribution in [2.24, 2.45) is 0 Å². The summed E-state index contributed by atoms with van der Waals surface area (Å²) in [5.41, 5.74) is -0.177. The molecular weight excluding hydrogens is 308 g/mol. The molecule has 0 radical (unpaired) electrons. The molecule has 22 heavy (non-hydrogen) atoms. The van der Waals surface area contributed by atoms with E-state index in [4.69, 9.17) is 4.74 Å². The van der Waals surface area contributed by atoms with E-state index in [1.54, 1.807) is 23.6 Å². The van der Waals surface area contributed by atoms with E-state index in [1.165, 1.54) is 36.5 Å². The average Bonchev–Trinajstić information content (AvgIpc) is 3.01. The predicted molar refractivity (Wildman–Crippen MR) is 80.9 cm³/mol. The fourth-order valence-corrected chi connectivity index (χ4v) is 2.24. The largest absolute Gasteiger partial charge is 0.448 e. The highest BCUT2D eigenvalue weighted by atomic mass is 32.1. The van der Waals surface area contributed by atoms with Crippen LogP contribution in [0.5, 0.6) is 0 Å². The first-order chi connectivity index (χ1) is 10.5. The number of carbonyl (C=O) groups is 2. The van der Waals surface area contributed by atoms with Gasteiger partial charge in [0.25, 0.3) is 11.6 Å². The zero-order chi connectivity index (χ0) is 16.1. The van der Waals surface area contributed by atoms with E-state index in [0.717, 1.165) is 0 Å². The summed E-state index contributed by atoms with van der Waals surface area (Å²) in [6.07, 6.45) is -1.07. The van der Waals surface area contributed by atoms with E-state index >= 15 is 0 Å². The standard InChI is InChI=1S/C14H12N2O5S/c1-9(21-14(18)12-7-4-8-22-12)13(17)15-10-5-2-3-6-11(10)16(19)20/h2-9H,1H3,(H,15,17)/t9-/m1/s1. The number of rotatable bonds is 5. The molecule has 7 nitrogen and oxygen atoms in total. The van der Waals surface area contributed by atoms with Crippen LogP contribution in [0.1, 0.15) is 16.6 Å². The van der Waals surface area contributed by atoms with Gasteiger partial charge in [0, 0.05) is 6.07 Å². The Bertz CT molecular complexity index is 699. The lowest BCUT2D eigenvalue weighted by Crippen LogP contribution is -2.30. The highest BCUT2D eigenvalue weighted by molar-refractivity contribution is 7.11. The van der Waals surface area contributed by atoms with Gasteiger partial charge in [0.2, 0.25) is 0 Å². The first kappa shape index (κ1) is 15.6. The summed E-state index contributed by atoms with van der Waals surface area (Å²) in [6, 6.07) is 9.01. The van der Waals surface area contributed by atoms with Crippen LogP contribution < -0.4 is 5.32 Å². The molecule has 1 N–H and O–H groups in total. The van der Waals surface area contributed by atoms with Crippen LogP contribution in [0.3, 0.4) is 0 Å². The number of thiophene rings is 1. The summed E-state index contributed by atoms with van der Waals surface area (Å²) in [4.78, 5) is 34.4. The third-order valence-electron chi connectivity index (χ3n) is 2.73. The van der Waals surface area contributed by atoms with Gasteiger partial charge in [-0.25, -0.2) is 4.79 Å². The van der Waals surface area contributed by atoms with Crippen molar-refractivity contribution in [3.8, 4) is 0 Å². The van der Waals surface area contributed by atoms with Crippen molar-refractivity contribution in [3.05, 3.63) is 56.8 Å². The number of nitro groups is 1. The monoisotopic (exact) mass is 320 g/mol. The van der Waals surface area contributed by atoms with E-state index in [2.05, 4.69) is 5.32 Å². The number of amides is 1. The van der Waals surface area contributed by atoms with Gasteiger partial charge in [-0.15, -0.1) is 11.3 Å². The first-order valence-electron chi connectivity index (χ1n) is 6.28. The molecule has 0 saturated carbocycles. The van der Waals surface area contributed by atoms with Crippen molar-refractivity contribution in [1.82, 2.24) is 0 Å². The molecule has 2 aromatic rings. The Morgan fingerprint density at radius 2 is 2.00 bits per heavy atom. The summed E-state index contributed by atoms with van der Waals surface area (Å²) < 4.78 is 5.02. The molecule has 1 amide bonds. The summed E-state index contributed by atoms with van der Waals surface area (Å²) in [7, 11) is 0. The van der Waals surface area contributed by atoms with Gasteiger partial charge in [0.15, 0.2) is 6.10 Å². The quantitative estimate of drug-likeness (QED) is 0.519. The van der Waals surface area contributed by atoms with Crippen LogP contribution in [0.2, 0.25) is 0 Å². The minimum absolute atomic E-state index is 0.0523. The van der Waals surface area contributed by atoms with Crippen LogP contribution in [-0.2, 0) is 9.53 Å². The van der Waals surface area contributed by atoms with Gasteiger partial charge in [-0.3, -0.25) is 14.9 Å². The molecule has 0 saturated heterocycles. The highest BCUT2D eigenvalue weighted by Crippen LogP contribution is 2.23. The number of hydrogen-bond donors (Lipinski definition) is 1. The van der Waals surface area contributed by atoms with Gasteiger partial charge in [0.05, 0.1) is 4.92 Å². The van der Waals surface area contributed by atoms with Gasteiger partial charge in [-0.2, -0.15) is 0 Å². The number of hydrogen-bond acceptors (Lipinski definition) is 6. The molecule has 0 aliphatic heterocycles. The van der Waals surface area contributed by atoms with E-state index in [-0.39, 0.29) is 11.4 Å². The molecule has 0 spiro atoms. The maximum atomic E-state index is 12.0. The smallest absolute Gasteiger partial charge is 0.349 e. The van der Waals surface area contributed by atoms with Crippen LogP contribution in [-0.4, -0.2) is 22.9 Å². The van der Waals surface area contributed by atoms with Crippen molar-refractivity contribution in [3.63, 3.8) is 0 Å². The van der Waals surface area contributed by atoms with Crippen LogP contribution in [0.25, 0.3) is 0 Å². The first-order valence-corrected chi connectivity index (χ1v) is 7.16. The average molecular weight is 320 g/mol. The Morgan fingerprint density at radius 3 is 2.64 bits per heavy atom. The number of benzene rings is 1. The van der Waals surface area contributed by atoms with Crippen molar-refractivity contribution in [2.45, 2.75) is 13.0 Å². The molecule has 1 heterocycles. The van der Waals surface area contributed by atoms with Crippen LogP contribution >= 0.6 is 11.3 Å². The molecule has 0 fully saturated rings. The second-order valence-corrected chi connectivity index (χ2v) is 5.24. The Morgan fingerprint density at radius 1 is 1.27 bits per heavy atom. The summed E-state index contributed by atoms with van der Waals surface area (Å²) >= 11 is 1.20. The molecule has 2 rings (SSSR count). The van der Waals surface area contributed by atoms with E-state index in [0.29, 0.717) is 4.88 Å². The fraction of sp³-hybridized carbons (Fsp3) is 0.143. The predicted octanol–water partition coefficient (Wildman–Crippen LogP) is 2.84. The SMILES string of the molecule is C[C@@H](OC(=O)c1cccs1)C(=O)Nc1ccccc1[N+](=O)[O-]. The second-order valence-electron chi connectivity index (χ2n) is 4.29. The van der Waals surface area contributed by atoms with E-state index in [9.17, 15) is 19.7 Å². The molecule has 1 aromatic heterocycles. The van der Waals surface area contributed by atoms with Crippen molar-refractivity contribution in [1.29, 1.82) is 0 Å². The van der Waals surface area contributed by atoms with Crippen molar-refractivity contribution < 1.29 is 19.2 Å². The van der Waals surface area contributed by atoms with Crippen LogP contribution in [0.4, 0.5) is 11.4 Å². The van der Waals surface area contributed by atoms with E-state index in [1.807, 2.05) is 0 Å². The maximum absolute atomic E-state index is 12.0. The third-order valence-corrected chi connectivity index (χ3v) is 3.58. The minimum Gasteiger partial charge on any atom is -0.448 e. The summed E-state index contributed by atoms with van der Waals surface area (Å²) in [6.45, 7) is 1.40. The minimum atomic E-state index is -1.07. The normalized spacial score (nSPS) is 11.5. The number of para-hydroxylation sites is 2. The number of carbonyl (C=O) groups excluding carboxylic acids is 2. The molecule has 0 unspecified atom stereocenters. The van der Waals surface area contributed by atoms with Crippen molar-refractivity contribution in [2.75, 3.05) is 5.32 Å². The summed E-state index contributed by atoms with van der Waals surface area (Å²) in [5, 5.41) is 15.0. The maximum Gasteiger partial charge on any atom is 0.349 e. The zero-order valence-electron chi connectivity index (χ0n) is 11.5. The lowest BCUT2D eigenvalue weighted by atomic mass is 10.2. The lowest BCUT2D eigenvalue weighted by Gasteiger charge is -2.13. The number of anilines is 1. The molecule has 1 atom stereocenters. The lowest BCUT2D eigenvalue weighted by molar-refractivity contribution is -0.383. The molecule has 1 aromatic carbocycles. The van der Waals surface area contributed by atoms with Gasteiger partial charge in [-0.05, 0) is 24.4 Å². The van der Waals surface area contributed by atoms with Crippen LogP contribution in [0.15, 0.2) is 41.8 Å². The third kappa shape index (κ3) is 3.67. The zero-order valence-corrected chi connectivity index (χ0v) is 12.3. The fourth-order valence-electron chi connectivity index (χ4n) is 1.64. The molecule has 8 heteroatoms. The van der Waals surface area contributed by atoms with E-state index < -0.39 is 22.9 Å². The van der Waals surface area contributed by atoms with Gasteiger partial charge >= 0.3 is 5.97 Å². The number of ether oxygens (including phenoxy) is 1. The molecular formula is C14H12N2O5S. The number of esters is 1. The van der Waals surface area contributed by atoms with Crippen molar-refractivity contribution >= 4 is 34.6 Å². The Kier molecular flexibility index (Phi) is 4.84. The number of nitrogens with one attached hydrogen (secondary N) is 1. The second kappa shape index (κ2) is 6.81. The molecule has 114 valence electrons. The molecule has 0 aliphatic carbocycles. The molecule has 0 aliphatic rings. The summed E-state index contributed by atoms with van der Waals surface area (Å²) in [5.74, 6) is -1.25. The Balaban J connectivity index is 2.03. The molecule has 0 bridgehead atoms. The Labute approximate surface area is 129 Å². The van der Waals surface area contributed by atoms with Gasteiger partial charge in [0.1, 0.15) is 10.6 Å². The van der Waals surface area contributed by atoms with Gasteiger partial charge in [-0.1, -0.05) is 18.2 Å². The highest BCUT2D eigenvalue weighted by Gasteiger charge is 2.22. The number of nitrogens with zero attached hydrogens (tertiary/aromatic N) is 1. The van der Waals surface area contributed by atoms with Gasteiger partial charge < -0.3 is 10.1 Å². The Hall–Kier alpha value is -2.74.